The maximum atomic E-state index is 5.40. The number of anilines is 1. The lowest BCUT2D eigenvalue weighted by atomic mass is 10.3. The van der Waals surface area contributed by atoms with Crippen molar-refractivity contribution in [1.82, 2.24) is 4.98 Å². The molecular formula is C10H13IN2O. The molecule has 3 nitrogen and oxygen atoms in total. The molecule has 0 unspecified atom stereocenters. The molecule has 1 saturated heterocycles. The maximum absolute atomic E-state index is 5.40. The monoisotopic (exact) mass is 304 g/mol. The van der Waals surface area contributed by atoms with E-state index in [1.165, 1.54) is 3.57 Å². The van der Waals surface area contributed by atoms with Crippen LogP contribution in [0.25, 0.3) is 0 Å². The predicted molar refractivity (Wildman–Crippen MR) is 64.6 cm³/mol. The second-order valence-corrected chi connectivity index (χ2v) is 4.53. The van der Waals surface area contributed by atoms with Gasteiger partial charge in [0.25, 0.3) is 0 Å². The molecular weight excluding hydrogens is 291 g/mol. The first-order valence-electron chi connectivity index (χ1n) is 4.80. The van der Waals surface area contributed by atoms with Gasteiger partial charge in [0.05, 0.1) is 6.61 Å². The fourth-order valence-corrected chi connectivity index (χ4v) is 1.85. The van der Waals surface area contributed by atoms with Crippen molar-refractivity contribution in [2.45, 2.75) is 6.42 Å². The minimum absolute atomic E-state index is 0.813. The molecule has 1 aromatic heterocycles. The molecule has 0 aromatic carbocycles. The Kier molecular flexibility index (Phi) is 3.58. The molecule has 14 heavy (non-hydrogen) atoms. The van der Waals surface area contributed by atoms with Gasteiger partial charge in [-0.15, -0.1) is 0 Å². The van der Waals surface area contributed by atoms with Crippen LogP contribution >= 0.6 is 22.6 Å². The lowest BCUT2D eigenvalue weighted by molar-refractivity contribution is 0.152. The number of ether oxygens (including phenoxy) is 1. The summed E-state index contributed by atoms with van der Waals surface area (Å²) in [6, 6.07) is 4.17. The number of halogens is 1. The predicted octanol–water partition coefficient (Wildman–Crippen LogP) is 1.91. The van der Waals surface area contributed by atoms with Crippen molar-refractivity contribution in [3.8, 4) is 0 Å². The Bertz CT molecular complexity index is 281. The zero-order valence-electron chi connectivity index (χ0n) is 7.95. The van der Waals surface area contributed by atoms with Crippen LogP contribution in [0.3, 0.4) is 0 Å². The molecule has 0 bridgehead atoms. The third kappa shape index (κ3) is 2.57. The van der Waals surface area contributed by atoms with Crippen LogP contribution in [0, 0.1) is 3.57 Å². The fourth-order valence-electron chi connectivity index (χ4n) is 1.53. The Morgan fingerprint density at radius 2 is 2.21 bits per heavy atom. The number of hydrogen-bond acceptors (Lipinski definition) is 3. The van der Waals surface area contributed by atoms with Gasteiger partial charge >= 0.3 is 0 Å². The third-order valence-corrected chi connectivity index (χ3v) is 2.90. The Morgan fingerprint density at radius 3 is 3.00 bits per heavy atom. The van der Waals surface area contributed by atoms with E-state index < -0.39 is 0 Å². The standard InChI is InChI=1S/C10H13IN2O/c11-9-2-3-10(12-8-9)13-4-1-6-14-7-5-13/h2-3,8H,1,4-7H2. The summed E-state index contributed by atoms with van der Waals surface area (Å²) >= 11 is 2.27. The number of pyridine rings is 1. The first-order chi connectivity index (χ1) is 6.86. The molecule has 1 aliphatic heterocycles. The molecule has 0 amide bonds. The molecule has 76 valence electrons. The molecule has 2 heterocycles. The van der Waals surface area contributed by atoms with Crippen LogP contribution in [0.5, 0.6) is 0 Å². The van der Waals surface area contributed by atoms with Crippen molar-refractivity contribution in [1.29, 1.82) is 0 Å². The molecule has 0 aliphatic carbocycles. The van der Waals surface area contributed by atoms with Gasteiger partial charge in [0, 0.05) is 29.5 Å². The van der Waals surface area contributed by atoms with Gasteiger partial charge in [-0.25, -0.2) is 4.98 Å². The molecule has 1 aliphatic rings. The molecule has 0 N–H and O–H groups in total. The van der Waals surface area contributed by atoms with E-state index in [2.05, 4.69) is 44.6 Å². The van der Waals surface area contributed by atoms with Gasteiger partial charge in [-0.2, -0.15) is 0 Å². The van der Waals surface area contributed by atoms with Crippen molar-refractivity contribution in [2.75, 3.05) is 31.2 Å². The maximum Gasteiger partial charge on any atom is 0.128 e. The zero-order valence-corrected chi connectivity index (χ0v) is 10.1. The van der Waals surface area contributed by atoms with E-state index in [9.17, 15) is 0 Å². The van der Waals surface area contributed by atoms with Crippen LogP contribution in [0.1, 0.15) is 6.42 Å². The first-order valence-corrected chi connectivity index (χ1v) is 5.88. The summed E-state index contributed by atoms with van der Waals surface area (Å²) < 4.78 is 6.58. The summed E-state index contributed by atoms with van der Waals surface area (Å²) in [7, 11) is 0. The van der Waals surface area contributed by atoms with Crippen molar-refractivity contribution < 1.29 is 4.74 Å². The van der Waals surface area contributed by atoms with Gasteiger partial charge in [0.2, 0.25) is 0 Å². The number of aromatic nitrogens is 1. The van der Waals surface area contributed by atoms with Crippen LogP contribution in [0.4, 0.5) is 5.82 Å². The minimum Gasteiger partial charge on any atom is -0.380 e. The van der Waals surface area contributed by atoms with Crippen molar-refractivity contribution in [2.24, 2.45) is 0 Å². The molecule has 0 atom stereocenters. The van der Waals surface area contributed by atoms with Crippen LogP contribution in [0.2, 0.25) is 0 Å². The average Bonchev–Trinajstić information content (AvgIpc) is 2.47. The molecule has 2 rings (SSSR count). The third-order valence-electron chi connectivity index (χ3n) is 2.26. The van der Waals surface area contributed by atoms with Crippen LogP contribution in [0.15, 0.2) is 18.3 Å². The Balaban J connectivity index is 2.08. The molecule has 0 radical (unpaired) electrons. The van der Waals surface area contributed by atoms with Crippen molar-refractivity contribution in [3.63, 3.8) is 0 Å². The second-order valence-electron chi connectivity index (χ2n) is 3.29. The summed E-state index contributed by atoms with van der Waals surface area (Å²) in [5.74, 6) is 1.07. The first kappa shape index (κ1) is 10.2. The van der Waals surface area contributed by atoms with Gasteiger partial charge in [-0.3, -0.25) is 0 Å². The van der Waals surface area contributed by atoms with Crippen LogP contribution in [-0.2, 0) is 4.74 Å². The van der Waals surface area contributed by atoms with E-state index in [0.29, 0.717) is 0 Å². The van der Waals surface area contributed by atoms with Crippen molar-refractivity contribution in [3.05, 3.63) is 21.9 Å². The Morgan fingerprint density at radius 1 is 1.29 bits per heavy atom. The fraction of sp³-hybridized carbons (Fsp3) is 0.500. The topological polar surface area (TPSA) is 25.4 Å². The summed E-state index contributed by atoms with van der Waals surface area (Å²) in [6.07, 6.45) is 3.00. The molecule has 0 spiro atoms. The van der Waals surface area contributed by atoms with E-state index >= 15 is 0 Å². The lowest BCUT2D eigenvalue weighted by Crippen LogP contribution is -2.26. The van der Waals surface area contributed by atoms with E-state index in [1.54, 1.807) is 0 Å². The highest BCUT2D eigenvalue weighted by atomic mass is 127. The molecule has 1 aromatic rings. The van der Waals surface area contributed by atoms with Gasteiger partial charge < -0.3 is 9.64 Å². The Hall–Kier alpha value is -0.360. The Labute approximate surface area is 97.6 Å². The largest absolute Gasteiger partial charge is 0.380 e. The summed E-state index contributed by atoms with van der Waals surface area (Å²) in [4.78, 5) is 6.69. The molecule has 0 saturated carbocycles. The SMILES string of the molecule is Ic1ccc(N2CCCOCC2)nc1. The van der Waals surface area contributed by atoms with Gasteiger partial charge in [0.15, 0.2) is 0 Å². The molecule has 1 fully saturated rings. The number of hydrogen-bond donors (Lipinski definition) is 0. The minimum atomic E-state index is 0.813. The van der Waals surface area contributed by atoms with E-state index in [-0.39, 0.29) is 0 Å². The quantitative estimate of drug-likeness (QED) is 0.741. The lowest BCUT2D eigenvalue weighted by Gasteiger charge is -2.20. The average molecular weight is 304 g/mol. The molecule has 4 heteroatoms. The normalized spacial score (nSPS) is 17.9. The number of rotatable bonds is 1. The smallest absolute Gasteiger partial charge is 0.128 e. The van der Waals surface area contributed by atoms with Gasteiger partial charge in [-0.1, -0.05) is 0 Å². The summed E-state index contributed by atoms with van der Waals surface area (Å²) in [5.41, 5.74) is 0. The van der Waals surface area contributed by atoms with E-state index in [0.717, 1.165) is 38.5 Å². The zero-order chi connectivity index (χ0) is 9.80. The number of nitrogens with zero attached hydrogens (tertiary/aromatic N) is 2. The summed E-state index contributed by atoms with van der Waals surface area (Å²) in [6.45, 7) is 3.69. The van der Waals surface area contributed by atoms with E-state index in [1.807, 2.05) is 6.20 Å². The highest BCUT2D eigenvalue weighted by Crippen LogP contribution is 2.13. The van der Waals surface area contributed by atoms with Gasteiger partial charge in [0.1, 0.15) is 5.82 Å². The van der Waals surface area contributed by atoms with Crippen molar-refractivity contribution >= 4 is 28.4 Å². The van der Waals surface area contributed by atoms with E-state index in [4.69, 9.17) is 4.74 Å². The van der Waals surface area contributed by atoms with Crippen LogP contribution < -0.4 is 4.90 Å². The second kappa shape index (κ2) is 4.93. The summed E-state index contributed by atoms with van der Waals surface area (Å²) in [5, 5.41) is 0. The highest BCUT2D eigenvalue weighted by molar-refractivity contribution is 14.1. The highest BCUT2D eigenvalue weighted by Gasteiger charge is 2.10. The van der Waals surface area contributed by atoms with Crippen LogP contribution in [-0.4, -0.2) is 31.3 Å². The van der Waals surface area contributed by atoms with Gasteiger partial charge in [-0.05, 0) is 41.1 Å².